The van der Waals surface area contributed by atoms with Crippen molar-refractivity contribution in [2.24, 2.45) is 0 Å². The van der Waals surface area contributed by atoms with Gasteiger partial charge in [0, 0.05) is 149 Å². The quantitative estimate of drug-likeness (QED) is 0.0211. The Bertz CT molecular complexity index is 6820. The Labute approximate surface area is 819 Å². The molecule has 0 atom stereocenters. The molecule has 5 fully saturated rings. The molecule has 2 spiro atoms. The third-order valence-electron chi connectivity index (χ3n) is 23.7. The van der Waals surface area contributed by atoms with Gasteiger partial charge in [-0.1, -0.05) is 203 Å². The Morgan fingerprint density at radius 3 is 1.04 bits per heavy atom. The average molecular weight is 1960 g/mol. The van der Waals surface area contributed by atoms with E-state index in [4.69, 9.17) is 135 Å². The minimum atomic E-state index is -0.619. The molecule has 136 heavy (non-hydrogen) atoms. The third-order valence-corrected chi connectivity index (χ3v) is 26.4. The Morgan fingerprint density at radius 2 is 0.684 bits per heavy atom. The van der Waals surface area contributed by atoms with Gasteiger partial charge in [0.1, 0.15) is 41.1 Å². The zero-order chi connectivity index (χ0) is 96.8. The van der Waals surface area contributed by atoms with E-state index in [1.165, 1.54) is 12.1 Å². The molecule has 688 valence electrons. The first-order valence-electron chi connectivity index (χ1n) is 42.6. The van der Waals surface area contributed by atoms with Crippen molar-refractivity contribution in [3.8, 4) is 137 Å². The standard InChI is InChI=1S/C39H38Cl2N8O3.C27H18Cl2N4O3.C26H23BCl2N2O4.C8H5ClN2O2/c1-43-36-24(18-48-20-38(21-48)14-12-32(50)46-38)8-10-30(44-36)28-6-2-4-26(34(28)40)27-5-3-7-29(35(27)41)31-11-9-25(37(45-31)52-17-16-42)19-49-22-39(23-49)15-13-33(51)47-39;1-31-26-16(14-34)8-10-22(32-26)20-6-2-4-18(24(20)28)19-5-3-7-21(25(19)29)23-11-9-17(15-35)27(33-23)36-13-12-30;1-25(2)26(3,4)35-27(34-25)20-10-6-8-18(23(20)29)17-7-5-9-19(22(17)28)21-12-11-16(15-32)24(31-21)33-14-13-30;9-7-2-1-6(5-12)8(11-7)13-4-3-10/h2-11H,12-15,17-23H2,1H3,(H,43,44)(H,46,50)(H,47,51);2-11,14-15H,13H2,1H3,(H,31,32);5-12,15H,14H2,1-4H3;1-2,5H,4H2. The van der Waals surface area contributed by atoms with Crippen LogP contribution in [0, 0.1) is 45.3 Å². The van der Waals surface area contributed by atoms with E-state index in [-0.39, 0.29) is 88.8 Å². The molecule has 2 amide bonds. The molecule has 6 aromatic carbocycles. The molecule has 28 nitrogen and oxygen atoms in total. The third kappa shape index (κ3) is 21.7. The van der Waals surface area contributed by atoms with Gasteiger partial charge in [0.15, 0.2) is 51.6 Å². The number of halogens is 7. The van der Waals surface area contributed by atoms with E-state index in [9.17, 15) is 34.0 Å². The number of aromatic nitrogens is 6. The number of nitriles is 4. The van der Waals surface area contributed by atoms with Crippen LogP contribution in [0.2, 0.25) is 35.3 Å². The molecule has 5 aliphatic rings. The van der Waals surface area contributed by atoms with Gasteiger partial charge < -0.3 is 49.5 Å². The molecule has 11 heterocycles. The van der Waals surface area contributed by atoms with Gasteiger partial charge in [-0.2, -0.15) is 21.0 Å². The van der Waals surface area contributed by atoms with E-state index in [0.29, 0.717) is 153 Å². The maximum absolute atomic E-state index is 11.8. The first-order valence-corrected chi connectivity index (χ1v) is 45.2. The number of rotatable bonds is 27. The van der Waals surface area contributed by atoms with Crippen molar-refractivity contribution in [1.29, 1.82) is 21.0 Å². The van der Waals surface area contributed by atoms with Gasteiger partial charge in [-0.3, -0.25) is 38.6 Å². The van der Waals surface area contributed by atoms with Crippen LogP contribution in [0.5, 0.6) is 23.5 Å². The molecular weight excluding hydrogens is 1880 g/mol. The molecular formula is C100H84BCl7N16O12. The van der Waals surface area contributed by atoms with Crippen molar-refractivity contribution in [2.45, 2.75) is 88.7 Å². The molecule has 0 aliphatic carbocycles. The first kappa shape index (κ1) is 98.5. The van der Waals surface area contributed by atoms with Gasteiger partial charge in [-0.05, 0) is 101 Å². The van der Waals surface area contributed by atoms with Crippen molar-refractivity contribution in [3.63, 3.8) is 0 Å². The summed E-state index contributed by atoms with van der Waals surface area (Å²) < 4.78 is 33.7. The van der Waals surface area contributed by atoms with Crippen LogP contribution >= 0.6 is 81.2 Å². The predicted molar refractivity (Wildman–Crippen MR) is 523 cm³/mol. The number of likely N-dealkylation sites (tertiary alicyclic amines) is 2. The number of hydrogen-bond donors (Lipinski definition) is 4. The highest BCUT2D eigenvalue weighted by atomic mass is 35.5. The maximum atomic E-state index is 11.8. The highest BCUT2D eigenvalue weighted by Crippen LogP contribution is 2.48. The summed E-state index contributed by atoms with van der Waals surface area (Å²) >= 11 is 47.3. The molecule has 6 aromatic heterocycles. The lowest BCUT2D eigenvalue weighted by molar-refractivity contribution is -0.121. The second kappa shape index (κ2) is 43.5. The van der Waals surface area contributed by atoms with E-state index in [1.54, 1.807) is 55.6 Å². The molecule has 5 saturated heterocycles. The number of carbonyl (C=O) groups is 6. The maximum Gasteiger partial charge on any atom is 0.496 e. The van der Waals surface area contributed by atoms with Crippen LogP contribution in [0.3, 0.4) is 0 Å². The van der Waals surface area contributed by atoms with Gasteiger partial charge in [-0.15, -0.1) is 0 Å². The number of benzene rings is 6. The number of carbonyl (C=O) groups excluding carboxylic acids is 6. The van der Waals surface area contributed by atoms with E-state index in [2.05, 4.69) is 57.1 Å². The minimum Gasteiger partial charge on any atom is -0.462 e. The highest BCUT2D eigenvalue weighted by molar-refractivity contribution is 6.66. The monoisotopic (exact) mass is 1960 g/mol. The van der Waals surface area contributed by atoms with Crippen LogP contribution < -0.4 is 45.7 Å². The molecule has 4 N–H and O–H groups in total. The lowest BCUT2D eigenvalue weighted by atomic mass is 9.77. The van der Waals surface area contributed by atoms with Gasteiger partial charge >= 0.3 is 7.12 Å². The fourth-order valence-corrected chi connectivity index (χ4v) is 18.4. The lowest BCUT2D eigenvalue weighted by Gasteiger charge is -2.48. The van der Waals surface area contributed by atoms with Crippen molar-refractivity contribution >= 4 is 142 Å². The Balaban J connectivity index is 0.000000156. The number of ether oxygens (including phenoxy) is 4. The van der Waals surface area contributed by atoms with Crippen LogP contribution in [-0.2, 0) is 32.0 Å². The summed E-state index contributed by atoms with van der Waals surface area (Å²) in [6.45, 7) is 11.7. The van der Waals surface area contributed by atoms with Crippen molar-refractivity contribution < 1.29 is 57.0 Å². The second-order valence-electron chi connectivity index (χ2n) is 33.0. The van der Waals surface area contributed by atoms with Crippen LogP contribution in [0.25, 0.3) is 89.7 Å². The molecule has 17 rings (SSSR count). The number of nitrogens with zero attached hydrogens (tertiary/aromatic N) is 12. The van der Waals surface area contributed by atoms with Gasteiger partial charge in [0.2, 0.25) is 35.3 Å². The molecule has 12 aromatic rings. The first-order chi connectivity index (χ1) is 65.5. The largest absolute Gasteiger partial charge is 0.496 e. The Kier molecular flexibility index (Phi) is 31.5. The van der Waals surface area contributed by atoms with Crippen molar-refractivity contribution in [2.75, 3.05) is 77.3 Å². The Hall–Kier alpha value is -13.5. The van der Waals surface area contributed by atoms with Crippen LogP contribution in [0.1, 0.15) is 106 Å². The minimum absolute atomic E-state index is 0.0516. The fraction of sp³-hybridized carbons (Fsp3) is 0.240. The summed E-state index contributed by atoms with van der Waals surface area (Å²) in [6.07, 6.45) is 5.49. The van der Waals surface area contributed by atoms with E-state index in [0.717, 1.165) is 96.7 Å². The fourth-order valence-electron chi connectivity index (χ4n) is 16.4. The summed E-state index contributed by atoms with van der Waals surface area (Å²) in [5.41, 5.74) is 13.2. The summed E-state index contributed by atoms with van der Waals surface area (Å²) in [4.78, 5) is 99.4. The molecule has 5 aliphatic heterocycles. The highest BCUT2D eigenvalue weighted by Gasteiger charge is 2.53. The molecule has 0 radical (unpaired) electrons. The molecule has 36 heteroatoms. The van der Waals surface area contributed by atoms with Crippen LogP contribution in [0.15, 0.2) is 182 Å². The summed E-state index contributed by atoms with van der Waals surface area (Å²) in [5, 5.41) is 50.6. The normalized spacial score (nSPS) is 14.9. The number of hydrogen-bond acceptors (Lipinski definition) is 26. The zero-order valence-corrected chi connectivity index (χ0v) is 79.3. The molecule has 0 saturated carbocycles. The Morgan fingerprint density at radius 1 is 0.382 bits per heavy atom. The number of anilines is 2. The van der Waals surface area contributed by atoms with E-state index < -0.39 is 18.3 Å². The summed E-state index contributed by atoms with van der Waals surface area (Å²) in [7, 11) is 2.93. The summed E-state index contributed by atoms with van der Waals surface area (Å²) in [6, 6.07) is 62.1. The average Bonchev–Trinajstić information content (AvgIpc) is 1.58. The van der Waals surface area contributed by atoms with Gasteiger partial charge in [0.05, 0.1) is 98.1 Å². The second-order valence-corrected chi connectivity index (χ2v) is 35.7. The van der Waals surface area contributed by atoms with Crippen molar-refractivity contribution in [3.05, 3.63) is 251 Å². The smallest absolute Gasteiger partial charge is 0.462 e. The SMILES string of the molecule is CC1(C)OB(c2cccc(-c3cccc(-c4ccc(C=O)c(OCC#N)n4)c3Cl)c2Cl)OC1(C)C.CNc1nc(-c2cccc(-c3cccc(-c4ccc(C=O)c(OCC#N)n4)c3Cl)c2Cl)ccc1C=O.CNc1nc(-c2cccc(-c3cccc(-c4ccc(CN5CC6(CCC(=O)N6)C5)c(OCC#N)n4)c3Cl)c2Cl)ccc1CN1CC2(CCC(=O)N2)C1.N#CCOc1nc(Cl)ccc1C=O. The van der Waals surface area contributed by atoms with Crippen LogP contribution in [-0.4, -0.2) is 173 Å². The predicted octanol–water partition coefficient (Wildman–Crippen LogP) is 19.2. The number of amides is 2. The molecule has 0 bridgehead atoms. The van der Waals surface area contributed by atoms with Crippen LogP contribution in [0.4, 0.5) is 11.6 Å². The van der Waals surface area contributed by atoms with Gasteiger partial charge in [-0.25, -0.2) is 29.9 Å². The molecule has 0 unspecified atom stereocenters. The number of pyridine rings is 6. The van der Waals surface area contributed by atoms with E-state index in [1.807, 2.05) is 174 Å². The zero-order valence-electron chi connectivity index (χ0n) is 74.0. The topological polar surface area (TPSA) is 385 Å². The van der Waals surface area contributed by atoms with E-state index >= 15 is 0 Å². The summed E-state index contributed by atoms with van der Waals surface area (Å²) in [5.74, 6) is 2.07. The number of nitrogens with one attached hydrogen (secondary N) is 4. The lowest BCUT2D eigenvalue weighted by Crippen LogP contribution is -2.66. The number of aldehydes is 4. The van der Waals surface area contributed by atoms with Gasteiger partial charge in [0.25, 0.3) is 0 Å². The van der Waals surface area contributed by atoms with Crippen molar-refractivity contribution in [1.82, 2.24) is 50.3 Å².